The van der Waals surface area contributed by atoms with E-state index in [1.165, 1.54) is 31.2 Å². The minimum Gasteiger partial charge on any atom is -0.465 e. The van der Waals surface area contributed by atoms with Crippen molar-refractivity contribution in [1.29, 1.82) is 0 Å². The number of rotatable bonds is 14. The van der Waals surface area contributed by atoms with Gasteiger partial charge in [0.2, 0.25) is 0 Å². The van der Waals surface area contributed by atoms with E-state index in [4.69, 9.17) is 15.2 Å². The Balaban J connectivity index is 2.34. The Labute approximate surface area is 208 Å². The van der Waals surface area contributed by atoms with Gasteiger partial charge in [-0.15, -0.1) is 20.2 Å². The second-order valence-electron chi connectivity index (χ2n) is 7.47. The molecule has 0 aliphatic carbocycles. The first-order valence-corrected chi connectivity index (χ1v) is 10.7. The highest BCUT2D eigenvalue weighted by molar-refractivity contribution is 6.06. The Bertz CT molecular complexity index is 1120. The van der Waals surface area contributed by atoms with Crippen molar-refractivity contribution in [2.75, 3.05) is 26.4 Å². The van der Waals surface area contributed by atoms with Gasteiger partial charge in [0.05, 0.1) is 42.6 Å². The standard InChI is InChI=1S/C20H23N5O12/c1-12-15(19(26)34-7-3-9-36-24(30)31)16(13-5-2-6-14(11-13)23(28)29)17(18(21)22-12)20(27)35-8-4-10-37-25(32)33/h2,5-6,11,16-17H,3-4,7-10H2,1H3,(H2,21,22). The lowest BCUT2D eigenvalue weighted by molar-refractivity contribution is -0.757. The lowest BCUT2D eigenvalue weighted by atomic mass is 9.77. The molecule has 0 fully saturated rings. The minimum atomic E-state index is -1.39. The molecule has 37 heavy (non-hydrogen) atoms. The van der Waals surface area contributed by atoms with Crippen molar-refractivity contribution in [3.63, 3.8) is 0 Å². The van der Waals surface area contributed by atoms with Crippen LogP contribution >= 0.6 is 0 Å². The number of nitrogens with two attached hydrogens (primary N) is 1. The summed E-state index contributed by atoms with van der Waals surface area (Å²) in [4.78, 5) is 69.6. The zero-order chi connectivity index (χ0) is 27.5. The topological polar surface area (TPSA) is 239 Å². The molecule has 0 spiro atoms. The van der Waals surface area contributed by atoms with Crippen LogP contribution in [0, 0.1) is 36.3 Å². The van der Waals surface area contributed by atoms with Gasteiger partial charge in [-0.1, -0.05) is 12.1 Å². The maximum Gasteiger partial charge on any atom is 0.336 e. The van der Waals surface area contributed by atoms with Gasteiger partial charge in [-0.05, 0) is 12.5 Å². The number of carbonyl (C=O) groups is 2. The van der Waals surface area contributed by atoms with E-state index in [9.17, 15) is 39.9 Å². The third-order valence-electron chi connectivity index (χ3n) is 5.01. The molecule has 0 saturated heterocycles. The number of amidine groups is 1. The van der Waals surface area contributed by atoms with E-state index in [-0.39, 0.29) is 67.6 Å². The Hall–Kier alpha value is -4.83. The summed E-state index contributed by atoms with van der Waals surface area (Å²) in [6.45, 7) is 0.222. The summed E-state index contributed by atoms with van der Waals surface area (Å²) in [5.41, 5.74) is 5.86. The molecule has 0 saturated carbocycles. The Morgan fingerprint density at radius 3 is 2.14 bits per heavy atom. The van der Waals surface area contributed by atoms with Crippen LogP contribution in [0.25, 0.3) is 0 Å². The zero-order valence-electron chi connectivity index (χ0n) is 19.5. The van der Waals surface area contributed by atoms with Crippen LogP contribution < -0.4 is 5.73 Å². The molecule has 17 nitrogen and oxygen atoms in total. The van der Waals surface area contributed by atoms with E-state index in [0.717, 1.165) is 0 Å². The molecule has 2 atom stereocenters. The van der Waals surface area contributed by atoms with Crippen LogP contribution in [-0.4, -0.2) is 59.3 Å². The Morgan fingerprint density at radius 1 is 0.973 bits per heavy atom. The van der Waals surface area contributed by atoms with E-state index in [1.807, 2.05) is 0 Å². The van der Waals surface area contributed by atoms with Gasteiger partial charge in [0.1, 0.15) is 11.8 Å². The molecule has 2 unspecified atom stereocenters. The summed E-state index contributed by atoms with van der Waals surface area (Å²) in [6, 6.07) is 5.20. The molecule has 17 heteroatoms. The monoisotopic (exact) mass is 525 g/mol. The van der Waals surface area contributed by atoms with Crippen molar-refractivity contribution in [3.05, 3.63) is 71.4 Å². The van der Waals surface area contributed by atoms with Crippen LogP contribution in [0.3, 0.4) is 0 Å². The highest BCUT2D eigenvalue weighted by Crippen LogP contribution is 2.40. The highest BCUT2D eigenvalue weighted by Gasteiger charge is 2.43. The predicted molar refractivity (Wildman–Crippen MR) is 121 cm³/mol. The minimum absolute atomic E-state index is 0.0103. The fourth-order valence-corrected chi connectivity index (χ4v) is 3.51. The molecule has 0 amide bonds. The van der Waals surface area contributed by atoms with Crippen LogP contribution in [0.5, 0.6) is 0 Å². The van der Waals surface area contributed by atoms with Gasteiger partial charge in [-0.2, -0.15) is 0 Å². The summed E-state index contributed by atoms with van der Waals surface area (Å²) in [5, 5.41) is 29.8. The Morgan fingerprint density at radius 2 is 1.57 bits per heavy atom. The number of ether oxygens (including phenoxy) is 2. The predicted octanol–water partition coefficient (Wildman–Crippen LogP) is 1.22. The number of aliphatic imine (C=N–C) groups is 1. The number of nitrogens with zero attached hydrogens (tertiary/aromatic N) is 4. The summed E-state index contributed by atoms with van der Waals surface area (Å²) in [7, 11) is 0. The van der Waals surface area contributed by atoms with Crippen LogP contribution in [0.1, 0.15) is 31.2 Å². The van der Waals surface area contributed by atoms with Crippen LogP contribution in [0.4, 0.5) is 5.69 Å². The maximum absolute atomic E-state index is 13.0. The van der Waals surface area contributed by atoms with Crippen LogP contribution in [0.2, 0.25) is 0 Å². The molecule has 1 aliphatic heterocycles. The lowest BCUT2D eigenvalue weighted by Gasteiger charge is -2.31. The molecular weight excluding hydrogens is 502 g/mol. The smallest absolute Gasteiger partial charge is 0.336 e. The molecule has 1 aliphatic rings. The molecule has 0 radical (unpaired) electrons. The largest absolute Gasteiger partial charge is 0.465 e. The number of esters is 2. The number of non-ortho nitro benzene ring substituents is 1. The van der Waals surface area contributed by atoms with Crippen molar-refractivity contribution >= 4 is 23.5 Å². The van der Waals surface area contributed by atoms with Gasteiger partial charge in [0, 0.05) is 30.9 Å². The first-order chi connectivity index (χ1) is 17.5. The van der Waals surface area contributed by atoms with E-state index < -0.39 is 38.9 Å². The van der Waals surface area contributed by atoms with Gasteiger partial charge in [-0.3, -0.25) is 14.9 Å². The van der Waals surface area contributed by atoms with Crippen molar-refractivity contribution in [1.82, 2.24) is 0 Å². The fourth-order valence-electron chi connectivity index (χ4n) is 3.51. The number of allylic oxidation sites excluding steroid dienone is 1. The van der Waals surface area contributed by atoms with Crippen LogP contribution in [-0.2, 0) is 28.7 Å². The third kappa shape index (κ3) is 8.11. The molecule has 0 aromatic heterocycles. The molecular formula is C20H23N5O12. The van der Waals surface area contributed by atoms with Crippen LogP contribution in [0.15, 0.2) is 40.5 Å². The first-order valence-electron chi connectivity index (χ1n) is 10.7. The van der Waals surface area contributed by atoms with E-state index in [1.54, 1.807) is 0 Å². The number of carbonyl (C=O) groups excluding carboxylic acids is 2. The van der Waals surface area contributed by atoms with Gasteiger partial charge in [0.25, 0.3) is 15.9 Å². The quantitative estimate of drug-likeness (QED) is 0.156. The van der Waals surface area contributed by atoms with Gasteiger partial charge in [-0.25, -0.2) is 9.79 Å². The molecule has 0 bridgehead atoms. The molecule has 2 rings (SSSR count). The summed E-state index contributed by atoms with van der Waals surface area (Å²) in [5.74, 6) is -4.67. The number of nitro benzene ring substituents is 1. The number of nitro groups is 1. The summed E-state index contributed by atoms with van der Waals surface area (Å²) < 4.78 is 10.4. The second kappa shape index (κ2) is 13.3. The number of benzene rings is 1. The molecule has 1 aromatic carbocycles. The number of hydrogen-bond donors (Lipinski definition) is 1. The van der Waals surface area contributed by atoms with Crippen molar-refractivity contribution in [3.8, 4) is 0 Å². The maximum atomic E-state index is 13.0. The number of hydrogen-bond acceptors (Lipinski definition) is 14. The van der Waals surface area contributed by atoms with Gasteiger partial charge >= 0.3 is 11.9 Å². The second-order valence-corrected chi connectivity index (χ2v) is 7.47. The fraction of sp³-hybridized carbons (Fsp3) is 0.450. The molecule has 1 heterocycles. The van der Waals surface area contributed by atoms with E-state index in [0.29, 0.717) is 0 Å². The first kappa shape index (κ1) is 28.4. The van der Waals surface area contributed by atoms with Crippen molar-refractivity contribution in [2.45, 2.75) is 25.7 Å². The SMILES string of the molecule is CC1=C(C(=O)OCCCO[N+](=O)[O-])C(c2cccc([N+](=O)[O-])c2)C(C(=O)OCCCO[N+](=O)[O-])C(N)=N1. The van der Waals surface area contributed by atoms with Gasteiger partial charge in [0.15, 0.2) is 0 Å². The lowest BCUT2D eigenvalue weighted by Crippen LogP contribution is -2.41. The van der Waals surface area contributed by atoms with Crippen molar-refractivity contribution < 1.29 is 43.8 Å². The third-order valence-corrected chi connectivity index (χ3v) is 5.01. The zero-order valence-corrected chi connectivity index (χ0v) is 19.5. The van der Waals surface area contributed by atoms with E-state index in [2.05, 4.69) is 14.7 Å². The van der Waals surface area contributed by atoms with E-state index >= 15 is 0 Å². The van der Waals surface area contributed by atoms with Gasteiger partial charge < -0.3 is 24.9 Å². The Kier molecular flexibility index (Phi) is 10.2. The molecule has 2 N–H and O–H groups in total. The molecule has 1 aromatic rings. The van der Waals surface area contributed by atoms with Crippen molar-refractivity contribution in [2.24, 2.45) is 16.6 Å². The summed E-state index contributed by atoms with van der Waals surface area (Å²) >= 11 is 0. The highest BCUT2D eigenvalue weighted by atomic mass is 17.0. The normalized spacial score (nSPS) is 16.8. The average molecular weight is 525 g/mol. The average Bonchev–Trinajstić information content (AvgIpc) is 2.82. The summed E-state index contributed by atoms with van der Waals surface area (Å²) in [6.07, 6.45) is -0.0302. The molecule has 200 valence electrons.